The van der Waals surface area contributed by atoms with Crippen LogP contribution < -0.4 is 5.32 Å². The Balaban J connectivity index is 1.99. The Kier molecular flexibility index (Phi) is 4.53. The van der Waals surface area contributed by atoms with Crippen LogP contribution in [-0.4, -0.2) is 37.5 Å². The highest BCUT2D eigenvalue weighted by Gasteiger charge is 2.23. The fourth-order valence-corrected chi connectivity index (χ4v) is 2.53. The van der Waals surface area contributed by atoms with E-state index in [0.717, 1.165) is 32.5 Å². The maximum Gasteiger partial charge on any atom is 0.253 e. The summed E-state index contributed by atoms with van der Waals surface area (Å²) in [7, 11) is 1.96. The number of rotatable bonds is 3. The van der Waals surface area contributed by atoms with Gasteiger partial charge in [-0.3, -0.25) is 4.79 Å². The first-order valence-electron chi connectivity index (χ1n) is 6.68. The maximum atomic E-state index is 12.3. The number of carbonyl (C=O) groups excluding carboxylic acids is 1. The van der Waals surface area contributed by atoms with Gasteiger partial charge in [-0.05, 0) is 50.6 Å². The normalized spacial score (nSPS) is 16.1. The lowest BCUT2D eigenvalue weighted by Crippen LogP contribution is -2.40. The number of nitriles is 1. The quantitative estimate of drug-likeness (QED) is 0.895. The summed E-state index contributed by atoms with van der Waals surface area (Å²) in [6.45, 7) is 2.63. The first kappa shape index (κ1) is 13.6. The minimum Gasteiger partial charge on any atom is -0.339 e. The zero-order valence-corrected chi connectivity index (χ0v) is 11.2. The molecule has 1 N–H and O–H groups in total. The van der Waals surface area contributed by atoms with E-state index in [1.54, 1.807) is 24.3 Å². The molecule has 1 aliphatic rings. The highest BCUT2D eigenvalue weighted by molar-refractivity contribution is 5.94. The van der Waals surface area contributed by atoms with E-state index in [4.69, 9.17) is 5.26 Å². The zero-order valence-electron chi connectivity index (χ0n) is 11.2. The Hall–Kier alpha value is -1.86. The van der Waals surface area contributed by atoms with E-state index in [1.165, 1.54) is 0 Å². The lowest BCUT2D eigenvalue weighted by atomic mass is 9.96. The number of amides is 1. The molecule has 2 rings (SSSR count). The van der Waals surface area contributed by atoms with Crippen molar-refractivity contribution < 1.29 is 4.79 Å². The molecule has 0 spiro atoms. The van der Waals surface area contributed by atoms with E-state index >= 15 is 0 Å². The summed E-state index contributed by atoms with van der Waals surface area (Å²) in [6, 6.07) is 9.00. The Morgan fingerprint density at radius 3 is 2.84 bits per heavy atom. The van der Waals surface area contributed by atoms with Crippen molar-refractivity contribution in [3.05, 3.63) is 35.4 Å². The average Bonchev–Trinajstić information content (AvgIpc) is 2.48. The van der Waals surface area contributed by atoms with Crippen molar-refractivity contribution in [1.82, 2.24) is 10.2 Å². The van der Waals surface area contributed by atoms with Gasteiger partial charge in [0.25, 0.3) is 5.91 Å². The lowest BCUT2D eigenvalue weighted by Gasteiger charge is -2.32. The molecule has 1 aromatic rings. The summed E-state index contributed by atoms with van der Waals surface area (Å²) in [5.74, 6) is 0.708. The summed E-state index contributed by atoms with van der Waals surface area (Å²) in [6.07, 6.45) is 2.09. The fraction of sp³-hybridized carbons (Fsp3) is 0.467. The van der Waals surface area contributed by atoms with E-state index in [0.29, 0.717) is 17.0 Å². The average molecular weight is 257 g/mol. The highest BCUT2D eigenvalue weighted by atomic mass is 16.2. The van der Waals surface area contributed by atoms with Crippen LogP contribution in [0.4, 0.5) is 0 Å². The monoisotopic (exact) mass is 257 g/mol. The molecular formula is C15H19N3O. The molecule has 0 unspecified atom stereocenters. The second-order valence-corrected chi connectivity index (χ2v) is 4.99. The largest absolute Gasteiger partial charge is 0.339 e. The Morgan fingerprint density at radius 1 is 1.47 bits per heavy atom. The van der Waals surface area contributed by atoms with E-state index in [-0.39, 0.29) is 5.91 Å². The molecular weight excluding hydrogens is 238 g/mol. The molecule has 0 radical (unpaired) electrons. The highest BCUT2D eigenvalue weighted by Crippen LogP contribution is 2.18. The Morgan fingerprint density at radius 2 is 2.21 bits per heavy atom. The van der Waals surface area contributed by atoms with Crippen molar-refractivity contribution in [3.63, 3.8) is 0 Å². The molecule has 0 aliphatic carbocycles. The van der Waals surface area contributed by atoms with E-state index in [9.17, 15) is 4.79 Å². The standard InChI is InChI=1S/C15H19N3O/c1-17-11-12-5-7-18(8-6-12)15(19)14-4-2-3-13(9-14)10-16/h2-4,9,12,17H,5-8,11H2,1H3. The van der Waals surface area contributed by atoms with Crippen LogP contribution in [0.2, 0.25) is 0 Å². The molecule has 0 saturated carbocycles. The lowest BCUT2D eigenvalue weighted by molar-refractivity contribution is 0.0691. The van der Waals surface area contributed by atoms with Crippen LogP contribution in [0, 0.1) is 17.2 Å². The molecule has 1 aromatic carbocycles. The molecule has 1 aliphatic heterocycles. The number of likely N-dealkylation sites (tertiary alicyclic amines) is 1. The van der Waals surface area contributed by atoms with E-state index in [1.807, 2.05) is 11.9 Å². The van der Waals surface area contributed by atoms with Gasteiger partial charge < -0.3 is 10.2 Å². The van der Waals surface area contributed by atoms with Gasteiger partial charge in [0.1, 0.15) is 0 Å². The number of piperidine rings is 1. The Labute approximate surface area is 114 Å². The van der Waals surface area contributed by atoms with Crippen LogP contribution in [0.1, 0.15) is 28.8 Å². The van der Waals surface area contributed by atoms with Crippen molar-refractivity contribution in [3.8, 4) is 6.07 Å². The van der Waals surface area contributed by atoms with Crippen LogP contribution in [-0.2, 0) is 0 Å². The molecule has 0 atom stereocenters. The smallest absolute Gasteiger partial charge is 0.253 e. The van der Waals surface area contributed by atoms with Crippen molar-refractivity contribution in [2.75, 3.05) is 26.7 Å². The first-order chi connectivity index (χ1) is 9.24. The predicted molar refractivity (Wildman–Crippen MR) is 73.7 cm³/mol. The fourth-order valence-electron chi connectivity index (χ4n) is 2.53. The van der Waals surface area contributed by atoms with Gasteiger partial charge in [-0.1, -0.05) is 6.07 Å². The number of nitrogens with zero attached hydrogens (tertiary/aromatic N) is 2. The Bertz CT molecular complexity index is 484. The van der Waals surface area contributed by atoms with E-state index < -0.39 is 0 Å². The molecule has 19 heavy (non-hydrogen) atoms. The molecule has 100 valence electrons. The van der Waals surface area contributed by atoms with Crippen LogP contribution in [0.15, 0.2) is 24.3 Å². The van der Waals surface area contributed by atoms with Gasteiger partial charge in [0, 0.05) is 18.7 Å². The van der Waals surface area contributed by atoms with Gasteiger partial charge in [0.2, 0.25) is 0 Å². The molecule has 0 aromatic heterocycles. The van der Waals surface area contributed by atoms with Crippen molar-refractivity contribution in [1.29, 1.82) is 5.26 Å². The number of hydrogen-bond acceptors (Lipinski definition) is 3. The number of nitrogens with one attached hydrogen (secondary N) is 1. The van der Waals surface area contributed by atoms with Crippen LogP contribution in [0.3, 0.4) is 0 Å². The van der Waals surface area contributed by atoms with Gasteiger partial charge in [0.15, 0.2) is 0 Å². The van der Waals surface area contributed by atoms with Crippen molar-refractivity contribution in [2.45, 2.75) is 12.8 Å². The summed E-state index contributed by atoms with van der Waals surface area (Å²) in [5.41, 5.74) is 1.15. The minimum absolute atomic E-state index is 0.0417. The molecule has 1 heterocycles. The molecule has 1 fully saturated rings. The van der Waals surface area contributed by atoms with Crippen LogP contribution >= 0.6 is 0 Å². The molecule has 4 heteroatoms. The first-order valence-corrected chi connectivity index (χ1v) is 6.68. The maximum absolute atomic E-state index is 12.3. The second-order valence-electron chi connectivity index (χ2n) is 4.99. The van der Waals surface area contributed by atoms with Gasteiger partial charge in [0.05, 0.1) is 11.6 Å². The molecule has 4 nitrogen and oxygen atoms in total. The van der Waals surface area contributed by atoms with Gasteiger partial charge >= 0.3 is 0 Å². The predicted octanol–water partition coefficient (Wildman–Crippen LogP) is 1.63. The van der Waals surface area contributed by atoms with Gasteiger partial charge in [-0.15, -0.1) is 0 Å². The third kappa shape index (κ3) is 3.33. The minimum atomic E-state index is 0.0417. The third-order valence-electron chi connectivity index (χ3n) is 3.63. The molecule has 1 saturated heterocycles. The molecule has 0 bridgehead atoms. The van der Waals surface area contributed by atoms with Crippen LogP contribution in [0.25, 0.3) is 0 Å². The summed E-state index contributed by atoms with van der Waals surface area (Å²) < 4.78 is 0. The van der Waals surface area contributed by atoms with Crippen LogP contribution in [0.5, 0.6) is 0 Å². The summed E-state index contributed by atoms with van der Waals surface area (Å²) >= 11 is 0. The van der Waals surface area contributed by atoms with Crippen molar-refractivity contribution in [2.24, 2.45) is 5.92 Å². The summed E-state index contributed by atoms with van der Waals surface area (Å²) in [5, 5.41) is 12.1. The van der Waals surface area contributed by atoms with E-state index in [2.05, 4.69) is 11.4 Å². The number of carbonyl (C=O) groups is 1. The third-order valence-corrected chi connectivity index (χ3v) is 3.63. The molecule has 1 amide bonds. The number of benzene rings is 1. The second kappa shape index (κ2) is 6.35. The van der Waals surface area contributed by atoms with Gasteiger partial charge in [-0.2, -0.15) is 5.26 Å². The van der Waals surface area contributed by atoms with Crippen molar-refractivity contribution >= 4 is 5.91 Å². The SMILES string of the molecule is CNCC1CCN(C(=O)c2cccc(C#N)c2)CC1. The zero-order chi connectivity index (χ0) is 13.7. The number of hydrogen-bond donors (Lipinski definition) is 1. The topological polar surface area (TPSA) is 56.1 Å². The van der Waals surface area contributed by atoms with Gasteiger partial charge in [-0.25, -0.2) is 0 Å². The summed E-state index contributed by atoms with van der Waals surface area (Å²) in [4.78, 5) is 14.2.